The molecule has 0 fully saturated rings. The number of amides is 2. The van der Waals surface area contributed by atoms with Gasteiger partial charge in [0.2, 0.25) is 5.91 Å². The Morgan fingerprint density at radius 1 is 1.00 bits per heavy atom. The van der Waals surface area contributed by atoms with E-state index in [0.717, 1.165) is 15.6 Å². The number of nitrogens with one attached hydrogen (secondary N) is 2. The number of hydrogen-bond acceptors (Lipinski definition) is 3. The fourth-order valence-corrected chi connectivity index (χ4v) is 2.85. The normalized spacial score (nSPS) is 10.6. The van der Waals surface area contributed by atoms with Crippen molar-refractivity contribution in [1.82, 2.24) is 10.3 Å². The Bertz CT molecular complexity index is 986. The van der Waals surface area contributed by atoms with Crippen LogP contribution in [-0.4, -0.2) is 16.8 Å². The predicted molar refractivity (Wildman–Crippen MR) is 114 cm³/mol. The van der Waals surface area contributed by atoms with Gasteiger partial charge in [0.05, 0.1) is 5.56 Å². The van der Waals surface area contributed by atoms with Gasteiger partial charge in [-0.3, -0.25) is 14.6 Å². The van der Waals surface area contributed by atoms with Crippen molar-refractivity contribution in [2.24, 2.45) is 0 Å². The molecule has 5 nitrogen and oxygen atoms in total. The van der Waals surface area contributed by atoms with E-state index in [1.165, 1.54) is 12.3 Å². The van der Waals surface area contributed by atoms with Gasteiger partial charge in [-0.25, -0.2) is 0 Å². The fourth-order valence-electron chi connectivity index (χ4n) is 2.43. The van der Waals surface area contributed by atoms with Crippen molar-refractivity contribution in [2.75, 3.05) is 5.32 Å². The van der Waals surface area contributed by atoms with Crippen LogP contribution in [0.15, 0.2) is 83.6 Å². The van der Waals surface area contributed by atoms with Crippen molar-refractivity contribution in [3.05, 3.63) is 100 Å². The van der Waals surface area contributed by atoms with Crippen molar-refractivity contribution in [2.45, 2.75) is 6.54 Å². The molecule has 2 N–H and O–H groups in total. The summed E-state index contributed by atoms with van der Waals surface area (Å²) in [5.74, 6) is -0.393. The van der Waals surface area contributed by atoms with Crippen LogP contribution in [0, 0.1) is 0 Å². The third-order valence-corrected chi connectivity index (χ3v) is 4.64. The number of hydrogen-bond donors (Lipinski definition) is 2. The number of rotatable bonds is 6. The largest absolute Gasteiger partial charge is 0.348 e. The summed E-state index contributed by atoms with van der Waals surface area (Å²) in [4.78, 5) is 28.0. The number of halogens is 1. The highest BCUT2D eigenvalue weighted by Crippen LogP contribution is 2.17. The first-order chi connectivity index (χ1) is 13.6. The first-order valence-corrected chi connectivity index (χ1v) is 9.42. The van der Waals surface area contributed by atoms with Crippen LogP contribution in [0.4, 0.5) is 5.69 Å². The second-order valence-corrected chi connectivity index (χ2v) is 6.82. The first kappa shape index (κ1) is 19.5. The number of aromatic nitrogens is 1. The van der Waals surface area contributed by atoms with Gasteiger partial charge in [-0.2, -0.15) is 0 Å². The lowest BCUT2D eigenvalue weighted by molar-refractivity contribution is -0.116. The molecule has 0 radical (unpaired) electrons. The minimum Gasteiger partial charge on any atom is -0.348 e. The minimum absolute atomic E-state index is 0.176. The topological polar surface area (TPSA) is 71.1 Å². The van der Waals surface area contributed by atoms with Gasteiger partial charge >= 0.3 is 0 Å². The van der Waals surface area contributed by atoms with Gasteiger partial charge in [0, 0.05) is 35.2 Å². The van der Waals surface area contributed by atoms with E-state index in [1.54, 1.807) is 36.5 Å². The van der Waals surface area contributed by atoms with E-state index < -0.39 is 0 Å². The highest BCUT2D eigenvalue weighted by Gasteiger charge is 2.05. The van der Waals surface area contributed by atoms with Crippen LogP contribution < -0.4 is 10.6 Å². The summed E-state index contributed by atoms with van der Waals surface area (Å²) >= 11 is 3.44. The van der Waals surface area contributed by atoms with Crippen LogP contribution in [-0.2, 0) is 11.3 Å². The number of nitrogens with zero attached hydrogens (tertiary/aromatic N) is 1. The molecule has 28 heavy (non-hydrogen) atoms. The van der Waals surface area contributed by atoms with Crippen LogP contribution in [0.5, 0.6) is 0 Å². The molecule has 0 saturated heterocycles. The van der Waals surface area contributed by atoms with Crippen molar-refractivity contribution >= 4 is 39.5 Å². The molecule has 3 rings (SSSR count). The number of carbonyl (C=O) groups is 2. The molecule has 1 aromatic heterocycles. The molecule has 0 bridgehead atoms. The van der Waals surface area contributed by atoms with Crippen LogP contribution >= 0.6 is 15.9 Å². The Balaban J connectivity index is 1.51. The van der Waals surface area contributed by atoms with Crippen LogP contribution in [0.1, 0.15) is 21.5 Å². The monoisotopic (exact) mass is 435 g/mol. The molecular weight excluding hydrogens is 418 g/mol. The second-order valence-electron chi connectivity index (χ2n) is 5.97. The van der Waals surface area contributed by atoms with E-state index in [9.17, 15) is 9.59 Å². The molecule has 0 aliphatic rings. The highest BCUT2D eigenvalue weighted by atomic mass is 79.9. The van der Waals surface area contributed by atoms with E-state index in [1.807, 2.05) is 36.4 Å². The molecule has 0 saturated carbocycles. The van der Waals surface area contributed by atoms with Crippen molar-refractivity contribution in [1.29, 1.82) is 0 Å². The zero-order valence-corrected chi connectivity index (χ0v) is 16.5. The molecule has 2 aromatic carbocycles. The summed E-state index contributed by atoms with van der Waals surface area (Å²) in [6, 6.07) is 18.4. The quantitative estimate of drug-likeness (QED) is 0.562. The number of benzene rings is 2. The Morgan fingerprint density at radius 2 is 1.79 bits per heavy atom. The van der Waals surface area contributed by atoms with E-state index in [4.69, 9.17) is 0 Å². The molecule has 3 aromatic rings. The average molecular weight is 436 g/mol. The zero-order chi connectivity index (χ0) is 19.8. The van der Waals surface area contributed by atoms with Crippen LogP contribution in [0.2, 0.25) is 0 Å². The SMILES string of the molecule is O=C(/C=C/c1ccccc1Br)NCc1ccc(NC(=O)c2cccnc2)cc1. The third-order valence-electron chi connectivity index (χ3n) is 3.92. The van der Waals surface area contributed by atoms with Gasteiger partial charge in [0.1, 0.15) is 0 Å². The number of pyridine rings is 1. The van der Waals surface area contributed by atoms with Gasteiger partial charge in [-0.1, -0.05) is 46.3 Å². The standard InChI is InChI=1S/C22H18BrN3O2/c23-20-6-2-1-4-17(20)9-12-21(27)25-14-16-7-10-19(11-8-16)26-22(28)18-5-3-13-24-15-18/h1-13,15H,14H2,(H,25,27)(H,26,28)/b12-9+. The lowest BCUT2D eigenvalue weighted by Crippen LogP contribution is -2.20. The Labute approximate surface area is 171 Å². The van der Waals surface area contributed by atoms with Crippen molar-refractivity contribution in [3.63, 3.8) is 0 Å². The maximum absolute atomic E-state index is 12.1. The molecule has 6 heteroatoms. The van der Waals surface area contributed by atoms with E-state index in [2.05, 4.69) is 31.5 Å². The van der Waals surface area contributed by atoms with Gasteiger partial charge in [0.15, 0.2) is 0 Å². The third kappa shape index (κ3) is 5.62. The molecule has 0 atom stereocenters. The lowest BCUT2D eigenvalue weighted by Gasteiger charge is -2.07. The average Bonchev–Trinajstić information content (AvgIpc) is 2.73. The number of carbonyl (C=O) groups excluding carboxylic acids is 2. The van der Waals surface area contributed by atoms with Crippen molar-refractivity contribution in [3.8, 4) is 0 Å². The maximum atomic E-state index is 12.1. The van der Waals surface area contributed by atoms with Gasteiger partial charge in [0.25, 0.3) is 5.91 Å². The summed E-state index contributed by atoms with van der Waals surface area (Å²) in [5, 5.41) is 5.65. The number of anilines is 1. The van der Waals surface area contributed by atoms with Gasteiger partial charge in [-0.05, 0) is 47.5 Å². The summed E-state index contributed by atoms with van der Waals surface area (Å²) in [6.45, 7) is 0.399. The van der Waals surface area contributed by atoms with Crippen molar-refractivity contribution < 1.29 is 9.59 Å². The molecule has 0 aliphatic heterocycles. The highest BCUT2D eigenvalue weighted by molar-refractivity contribution is 9.10. The molecule has 1 heterocycles. The van der Waals surface area contributed by atoms with Crippen LogP contribution in [0.25, 0.3) is 6.08 Å². The second kappa shape index (κ2) is 9.62. The van der Waals surface area contributed by atoms with E-state index >= 15 is 0 Å². The minimum atomic E-state index is -0.216. The van der Waals surface area contributed by atoms with E-state index in [0.29, 0.717) is 17.8 Å². The smallest absolute Gasteiger partial charge is 0.257 e. The first-order valence-electron chi connectivity index (χ1n) is 8.62. The fraction of sp³-hybridized carbons (Fsp3) is 0.0455. The Kier molecular flexibility index (Phi) is 6.70. The summed E-state index contributed by atoms with van der Waals surface area (Å²) in [7, 11) is 0. The summed E-state index contributed by atoms with van der Waals surface area (Å²) in [5.41, 5.74) is 3.04. The Hall–Kier alpha value is -3.25. The Morgan fingerprint density at radius 3 is 2.50 bits per heavy atom. The molecular formula is C22H18BrN3O2. The maximum Gasteiger partial charge on any atom is 0.257 e. The molecule has 0 spiro atoms. The summed E-state index contributed by atoms with van der Waals surface area (Å²) in [6.07, 6.45) is 6.40. The van der Waals surface area contributed by atoms with E-state index in [-0.39, 0.29) is 11.8 Å². The van der Waals surface area contributed by atoms with Gasteiger partial charge in [-0.15, -0.1) is 0 Å². The molecule has 2 amide bonds. The zero-order valence-electron chi connectivity index (χ0n) is 14.9. The molecule has 0 aliphatic carbocycles. The predicted octanol–water partition coefficient (Wildman–Crippen LogP) is 4.43. The summed E-state index contributed by atoms with van der Waals surface area (Å²) < 4.78 is 0.933. The molecule has 140 valence electrons. The molecule has 0 unspecified atom stereocenters. The lowest BCUT2D eigenvalue weighted by atomic mass is 10.2. The van der Waals surface area contributed by atoms with Crippen LogP contribution in [0.3, 0.4) is 0 Å². The van der Waals surface area contributed by atoms with Gasteiger partial charge < -0.3 is 10.6 Å².